The second-order valence-corrected chi connectivity index (χ2v) is 16.0. The maximum atomic E-state index is 13.9. The number of sulfone groups is 1. The van der Waals surface area contributed by atoms with Crippen LogP contribution in [0.15, 0.2) is 138 Å². The number of ether oxygens (including phenoxy) is 5. The zero-order chi connectivity index (χ0) is 43.6. The number of hydrogen-bond acceptors (Lipinski definition) is 14. The van der Waals surface area contributed by atoms with Crippen LogP contribution in [-0.2, 0) is 33.5 Å². The van der Waals surface area contributed by atoms with Crippen LogP contribution in [0, 0.1) is 26.1 Å². The Morgan fingerprint density at radius 2 is 1.25 bits per heavy atom. The summed E-state index contributed by atoms with van der Waals surface area (Å²) in [6.45, 7) is 9.08. The van der Waals surface area contributed by atoms with Gasteiger partial charge in [-0.2, -0.15) is 0 Å². The van der Waals surface area contributed by atoms with E-state index >= 15 is 0 Å². The molecule has 0 N–H and O–H groups in total. The predicted molar refractivity (Wildman–Crippen MR) is 216 cm³/mol. The van der Waals surface area contributed by atoms with Crippen LogP contribution < -0.4 is 0 Å². The Morgan fingerprint density at radius 3 is 1.77 bits per heavy atom. The standard InChI is InChI=1S/C43H42N2O14S/c1-27(2)28(3)37(59-43(48)31-20-32(44(49)50)22-33(21-31)45(51)52)24-38-36(26-60(53,54)35-18-12-7-13-19-35)40(55-4)39(58-38)23-34(57-42(47)30-16-10-6-11-17-30)25-56-41(46)29-14-8-5-9-15-29/h5-22,34,36-40H,1,3,23-26H2,2,4H3/t34?,36-,37?,38-,39+,40+/m0/s1. The van der Waals surface area contributed by atoms with E-state index in [1.807, 2.05) is 0 Å². The average Bonchev–Trinajstić information content (AvgIpc) is 3.56. The summed E-state index contributed by atoms with van der Waals surface area (Å²) in [4.78, 5) is 61.3. The Labute approximate surface area is 345 Å². The van der Waals surface area contributed by atoms with Gasteiger partial charge in [-0.3, -0.25) is 20.2 Å². The van der Waals surface area contributed by atoms with Gasteiger partial charge in [0.15, 0.2) is 9.84 Å². The minimum absolute atomic E-state index is 0.0196. The second kappa shape index (κ2) is 19.9. The summed E-state index contributed by atoms with van der Waals surface area (Å²) in [5.74, 6) is -4.08. The Hall–Kier alpha value is -6.56. The second-order valence-electron chi connectivity index (χ2n) is 14.0. The molecule has 0 radical (unpaired) electrons. The van der Waals surface area contributed by atoms with Crippen molar-refractivity contribution in [3.05, 3.63) is 170 Å². The summed E-state index contributed by atoms with van der Waals surface area (Å²) in [6, 6.07) is 26.3. The maximum absolute atomic E-state index is 13.9. The van der Waals surface area contributed by atoms with Crippen molar-refractivity contribution in [2.24, 2.45) is 5.92 Å². The van der Waals surface area contributed by atoms with Crippen LogP contribution in [0.5, 0.6) is 0 Å². The fourth-order valence-electron chi connectivity index (χ4n) is 6.71. The number of benzene rings is 4. The summed E-state index contributed by atoms with van der Waals surface area (Å²) in [5, 5.41) is 23.1. The maximum Gasteiger partial charge on any atom is 0.339 e. The highest BCUT2D eigenvalue weighted by molar-refractivity contribution is 7.91. The highest BCUT2D eigenvalue weighted by atomic mass is 32.2. The highest BCUT2D eigenvalue weighted by Gasteiger charge is 2.49. The zero-order valence-corrected chi connectivity index (χ0v) is 33.4. The Balaban J connectivity index is 1.49. The molecule has 1 fully saturated rings. The molecular formula is C43H42N2O14S. The van der Waals surface area contributed by atoms with E-state index in [-0.39, 0.29) is 34.4 Å². The molecule has 60 heavy (non-hydrogen) atoms. The van der Waals surface area contributed by atoms with Crippen LogP contribution in [0.2, 0.25) is 0 Å². The molecule has 0 amide bonds. The molecule has 4 aromatic rings. The first kappa shape index (κ1) is 44.5. The minimum atomic E-state index is -4.03. The number of carbonyl (C=O) groups is 3. The summed E-state index contributed by atoms with van der Waals surface area (Å²) >= 11 is 0. The van der Waals surface area contributed by atoms with E-state index in [9.17, 15) is 43.0 Å². The number of carbonyl (C=O) groups excluding carboxylic acids is 3. The largest absolute Gasteiger partial charge is 0.458 e. The number of hydrogen-bond donors (Lipinski definition) is 0. The third-order valence-corrected chi connectivity index (χ3v) is 11.6. The van der Waals surface area contributed by atoms with Gasteiger partial charge in [-0.15, -0.1) is 0 Å². The first-order valence-electron chi connectivity index (χ1n) is 18.5. The molecule has 314 valence electrons. The lowest BCUT2D eigenvalue weighted by Crippen LogP contribution is -2.38. The lowest BCUT2D eigenvalue weighted by atomic mass is 9.90. The van der Waals surface area contributed by atoms with Crippen molar-refractivity contribution in [3.63, 3.8) is 0 Å². The zero-order valence-electron chi connectivity index (χ0n) is 32.6. The first-order chi connectivity index (χ1) is 28.6. The Bertz CT molecular complexity index is 2310. The van der Waals surface area contributed by atoms with Crippen LogP contribution in [0.25, 0.3) is 0 Å². The molecule has 17 heteroatoms. The number of nitro benzene ring substituents is 2. The highest BCUT2D eigenvalue weighted by Crippen LogP contribution is 2.38. The molecule has 6 atom stereocenters. The Morgan fingerprint density at radius 1 is 0.733 bits per heavy atom. The van der Waals surface area contributed by atoms with Gasteiger partial charge < -0.3 is 23.7 Å². The van der Waals surface area contributed by atoms with Gasteiger partial charge in [0.2, 0.25) is 0 Å². The summed E-state index contributed by atoms with van der Waals surface area (Å²) in [7, 11) is -2.68. The van der Waals surface area contributed by atoms with E-state index in [0.29, 0.717) is 11.6 Å². The van der Waals surface area contributed by atoms with Crippen molar-refractivity contribution in [2.45, 2.75) is 55.2 Å². The molecule has 4 aromatic carbocycles. The first-order valence-corrected chi connectivity index (χ1v) is 20.2. The molecule has 1 heterocycles. The number of nitro groups is 2. The molecule has 16 nitrogen and oxygen atoms in total. The van der Waals surface area contributed by atoms with Crippen molar-refractivity contribution in [1.82, 2.24) is 0 Å². The van der Waals surface area contributed by atoms with Crippen LogP contribution in [0.3, 0.4) is 0 Å². The SMILES string of the molecule is C=C(C)C(=C)C(C[C@@H]1O[C@H](CC(COC(=O)c2ccccc2)OC(=O)c2ccccc2)[C@H](OC)[C@H]1CS(=O)(=O)c1ccccc1)OC(=O)c1cc([N+](=O)[O-])cc([N+](=O)[O-])c1. The quantitative estimate of drug-likeness (QED) is 0.0309. The van der Waals surface area contributed by atoms with Crippen LogP contribution >= 0.6 is 0 Å². The molecule has 0 aliphatic carbocycles. The van der Waals surface area contributed by atoms with Gasteiger partial charge in [-0.1, -0.05) is 73.3 Å². The van der Waals surface area contributed by atoms with E-state index in [4.69, 9.17) is 23.7 Å². The lowest BCUT2D eigenvalue weighted by molar-refractivity contribution is -0.394. The van der Waals surface area contributed by atoms with Crippen molar-refractivity contribution in [3.8, 4) is 0 Å². The third-order valence-electron chi connectivity index (χ3n) is 9.78. The molecule has 1 saturated heterocycles. The van der Waals surface area contributed by atoms with E-state index in [1.54, 1.807) is 85.8 Å². The molecule has 1 aliphatic heterocycles. The van der Waals surface area contributed by atoms with Crippen LogP contribution in [0.1, 0.15) is 50.8 Å². The molecular weight excluding hydrogens is 801 g/mol. The topological polar surface area (TPSA) is 218 Å². The van der Waals surface area contributed by atoms with Gasteiger partial charge in [0.05, 0.1) is 61.6 Å². The van der Waals surface area contributed by atoms with Crippen molar-refractivity contribution in [1.29, 1.82) is 0 Å². The molecule has 5 rings (SSSR count). The van der Waals surface area contributed by atoms with Crippen molar-refractivity contribution < 1.29 is 56.3 Å². The average molecular weight is 843 g/mol. The van der Waals surface area contributed by atoms with E-state index < -0.39 is 103 Å². The predicted octanol–water partition coefficient (Wildman–Crippen LogP) is 6.90. The fourth-order valence-corrected chi connectivity index (χ4v) is 8.39. The van der Waals surface area contributed by atoms with Gasteiger partial charge in [-0.05, 0) is 48.9 Å². The fraction of sp³-hybridized carbons (Fsp3) is 0.279. The van der Waals surface area contributed by atoms with Crippen LogP contribution in [-0.4, -0.2) is 86.2 Å². The Kier molecular flexibility index (Phi) is 14.8. The van der Waals surface area contributed by atoms with Gasteiger partial charge in [0.25, 0.3) is 11.4 Å². The molecule has 0 bridgehead atoms. The number of esters is 3. The minimum Gasteiger partial charge on any atom is -0.458 e. The molecule has 0 aromatic heterocycles. The van der Waals surface area contributed by atoms with E-state index in [0.717, 1.165) is 12.1 Å². The van der Waals surface area contributed by atoms with Gasteiger partial charge in [0.1, 0.15) is 18.8 Å². The summed E-state index contributed by atoms with van der Waals surface area (Å²) < 4.78 is 57.6. The number of rotatable bonds is 19. The summed E-state index contributed by atoms with van der Waals surface area (Å²) in [5.41, 5.74) is -0.935. The van der Waals surface area contributed by atoms with E-state index in [2.05, 4.69) is 13.2 Å². The normalized spacial score (nSPS) is 18.4. The molecule has 2 unspecified atom stereocenters. The lowest BCUT2D eigenvalue weighted by Gasteiger charge is -2.27. The van der Waals surface area contributed by atoms with Gasteiger partial charge >= 0.3 is 17.9 Å². The monoisotopic (exact) mass is 842 g/mol. The third kappa shape index (κ3) is 11.3. The smallest absolute Gasteiger partial charge is 0.339 e. The van der Waals surface area contributed by atoms with Crippen molar-refractivity contribution >= 4 is 39.1 Å². The molecule has 0 spiro atoms. The van der Waals surface area contributed by atoms with Crippen LogP contribution in [0.4, 0.5) is 11.4 Å². The number of nitrogens with zero attached hydrogens (tertiary/aromatic N) is 2. The van der Waals surface area contributed by atoms with Gasteiger partial charge in [-0.25, -0.2) is 22.8 Å². The number of non-ortho nitro benzene ring substituents is 2. The summed E-state index contributed by atoms with van der Waals surface area (Å²) in [6.07, 6.45) is -5.92. The van der Waals surface area contributed by atoms with Gasteiger partial charge in [0, 0.05) is 38.0 Å². The molecule has 1 aliphatic rings. The van der Waals surface area contributed by atoms with E-state index in [1.165, 1.54) is 19.2 Å². The molecule has 0 saturated carbocycles. The number of methoxy groups -OCH3 is 1. The van der Waals surface area contributed by atoms with Crippen molar-refractivity contribution in [2.75, 3.05) is 19.5 Å².